The zero-order chi connectivity index (χ0) is 49.0. The van der Waals surface area contributed by atoms with Gasteiger partial charge in [0.05, 0.1) is 53.5 Å². The number of benzene rings is 4. The summed E-state index contributed by atoms with van der Waals surface area (Å²) in [5, 5.41) is 21.9. The van der Waals surface area contributed by atoms with Crippen LogP contribution in [0.4, 0.5) is 21.0 Å². The van der Waals surface area contributed by atoms with E-state index in [-0.39, 0.29) is 47.5 Å². The van der Waals surface area contributed by atoms with Crippen molar-refractivity contribution in [1.29, 1.82) is 10.8 Å². The zero-order valence-corrected chi connectivity index (χ0v) is 39.4. The number of esters is 1. The lowest BCUT2D eigenvalue weighted by atomic mass is 10.1. The highest BCUT2D eigenvalue weighted by molar-refractivity contribution is 7.86. The molecule has 0 aliphatic carbocycles. The number of amidine groups is 2. The van der Waals surface area contributed by atoms with Crippen molar-refractivity contribution in [2.45, 2.75) is 25.6 Å². The van der Waals surface area contributed by atoms with E-state index in [0.717, 1.165) is 32.4 Å². The molecule has 2 atom stereocenters. The Morgan fingerprint density at radius 1 is 0.691 bits per heavy atom. The van der Waals surface area contributed by atoms with E-state index in [2.05, 4.69) is 24.6 Å². The molecule has 0 saturated carbocycles. The van der Waals surface area contributed by atoms with Gasteiger partial charge in [-0.25, -0.2) is 9.59 Å². The van der Waals surface area contributed by atoms with E-state index in [1.807, 2.05) is 0 Å². The van der Waals surface area contributed by atoms with E-state index in [1.165, 1.54) is 4.90 Å². The number of hydrogen-bond acceptors (Lipinski definition) is 15. The summed E-state index contributed by atoms with van der Waals surface area (Å²) in [5.41, 5.74) is 2.62. The number of nitrogens with one attached hydrogen (secondary N) is 4. The van der Waals surface area contributed by atoms with Crippen molar-refractivity contribution >= 4 is 86.3 Å². The number of rotatable bonds is 15. The van der Waals surface area contributed by atoms with Gasteiger partial charge in [0.2, 0.25) is 0 Å². The molecule has 3 aliphatic heterocycles. The fraction of sp³-hybridized carbons (Fsp3) is 0.326. The maximum atomic E-state index is 12.6. The molecule has 4 amide bonds. The molecule has 0 radical (unpaired) electrons. The highest BCUT2D eigenvalue weighted by Gasteiger charge is 2.35. The fourth-order valence-electron chi connectivity index (χ4n) is 7.22. The Morgan fingerprint density at radius 2 is 1.13 bits per heavy atom. The molecule has 3 heterocycles. The molecular formula is C46H50Cl2N8O11S. The van der Waals surface area contributed by atoms with Gasteiger partial charge in [0.15, 0.2) is 0 Å². The summed E-state index contributed by atoms with van der Waals surface area (Å²) < 4.78 is 42.5. The van der Waals surface area contributed by atoms with Crippen LogP contribution in [0.25, 0.3) is 0 Å². The van der Waals surface area contributed by atoms with Crippen molar-refractivity contribution in [3.63, 3.8) is 0 Å². The Morgan fingerprint density at radius 3 is 1.59 bits per heavy atom. The minimum absolute atomic E-state index is 0.0651. The van der Waals surface area contributed by atoms with Gasteiger partial charge < -0.3 is 29.7 Å². The third-order valence-electron chi connectivity index (χ3n) is 10.7. The predicted octanol–water partition coefficient (Wildman–Crippen LogP) is 5.39. The molecule has 22 heteroatoms. The molecule has 68 heavy (non-hydrogen) atoms. The van der Waals surface area contributed by atoms with E-state index in [4.69, 9.17) is 48.2 Å². The van der Waals surface area contributed by atoms with Crippen molar-refractivity contribution in [1.82, 2.24) is 20.4 Å². The summed E-state index contributed by atoms with van der Waals surface area (Å²) in [6.45, 7) is 7.21. The maximum Gasteiger partial charge on any atom is 0.414 e. The molecule has 3 saturated heterocycles. The molecule has 0 spiro atoms. The molecule has 19 nitrogen and oxygen atoms in total. The summed E-state index contributed by atoms with van der Waals surface area (Å²) in [7, 11) is -3.64. The number of ether oxygens (including phenoxy) is 3. The largest absolute Gasteiger partial charge is 0.466 e. The van der Waals surface area contributed by atoms with Gasteiger partial charge in [-0.3, -0.25) is 44.1 Å². The first-order chi connectivity index (χ1) is 32.5. The zero-order valence-electron chi connectivity index (χ0n) is 37.1. The Labute approximate surface area is 403 Å². The Balaban J connectivity index is 0.000000230. The lowest BCUT2D eigenvalue weighted by Crippen LogP contribution is -2.49. The van der Waals surface area contributed by atoms with E-state index < -0.39 is 40.2 Å². The number of nitrogens with zero attached hydrogens (tertiary/aromatic N) is 4. The Bertz CT molecular complexity index is 2610. The topological polar surface area (TPSA) is 241 Å². The Kier molecular flexibility index (Phi) is 17.6. The number of carbonyl (C=O) groups excluding carboxylic acids is 5. The number of carbonyl (C=O) groups is 5. The van der Waals surface area contributed by atoms with Gasteiger partial charge in [-0.15, -0.1) is 0 Å². The summed E-state index contributed by atoms with van der Waals surface area (Å²) in [4.78, 5) is 68.3. The lowest BCUT2D eigenvalue weighted by Gasteiger charge is -2.35. The van der Waals surface area contributed by atoms with E-state index in [0.29, 0.717) is 65.7 Å². The summed E-state index contributed by atoms with van der Waals surface area (Å²) in [6, 6.07) is 26.3. The third kappa shape index (κ3) is 14.3. The summed E-state index contributed by atoms with van der Waals surface area (Å²) in [6.07, 6.45) is -0.694. The van der Waals surface area contributed by atoms with Crippen LogP contribution in [0.2, 0.25) is 10.0 Å². The van der Waals surface area contributed by atoms with Gasteiger partial charge in [0.1, 0.15) is 30.5 Å². The van der Waals surface area contributed by atoms with E-state index in [1.54, 1.807) is 109 Å². The van der Waals surface area contributed by atoms with Crippen molar-refractivity contribution in [2.75, 3.05) is 81.6 Å². The average Bonchev–Trinajstić information content (AvgIpc) is 3.88. The highest BCUT2D eigenvalue weighted by Crippen LogP contribution is 2.25. The second kappa shape index (κ2) is 23.5. The normalized spacial score (nSPS) is 17.4. The van der Waals surface area contributed by atoms with Gasteiger partial charge in [-0.1, -0.05) is 47.5 Å². The lowest BCUT2D eigenvalue weighted by molar-refractivity contribution is -0.143. The average molecular weight is 994 g/mol. The van der Waals surface area contributed by atoms with Crippen LogP contribution in [0, 0.1) is 10.8 Å². The highest BCUT2D eigenvalue weighted by atomic mass is 35.5. The van der Waals surface area contributed by atoms with Crippen molar-refractivity contribution in [3.8, 4) is 0 Å². The standard InChI is InChI=1S/C27H32ClN5O5.C19H18ClN3O6S/c1-2-37-24(34)11-12-31-13-15-32(16-14-31)17-21-18-33(27(36)38-21)20-9-7-19(8-10-20)25(29)30-26(35)22-5-3-4-6-23(22)28;1-30(26,27)28-11-14-10-23(19(25)29-14)13-8-6-12(7-9-13)17(21)22-18(24)15-4-2-3-5-16(15)20/h3-10,21H,2,11-18H2,1H3,(H2,29,30,35);2-9,14H,10-11H2,1H3,(H2,21,22,24). The fourth-order valence-corrected chi connectivity index (χ4v) is 8.07. The number of halogens is 2. The van der Waals surface area contributed by atoms with Gasteiger partial charge >= 0.3 is 18.2 Å². The number of anilines is 2. The van der Waals surface area contributed by atoms with Crippen LogP contribution in [-0.2, 0) is 33.3 Å². The monoisotopic (exact) mass is 992 g/mol. The summed E-state index contributed by atoms with van der Waals surface area (Å²) in [5.74, 6) is -1.33. The van der Waals surface area contributed by atoms with Crippen LogP contribution in [-0.4, -0.2) is 144 Å². The number of hydrogen-bond donors (Lipinski definition) is 4. The minimum Gasteiger partial charge on any atom is -0.466 e. The van der Waals surface area contributed by atoms with Crippen LogP contribution in [0.5, 0.6) is 0 Å². The molecule has 7 rings (SSSR count). The Hall–Kier alpha value is -6.42. The first kappa shape index (κ1) is 51.0. The van der Waals surface area contributed by atoms with Crippen LogP contribution in [0.1, 0.15) is 45.2 Å². The van der Waals surface area contributed by atoms with Gasteiger partial charge in [-0.2, -0.15) is 8.42 Å². The summed E-state index contributed by atoms with van der Waals surface area (Å²) >= 11 is 12.1. The predicted molar refractivity (Wildman–Crippen MR) is 255 cm³/mol. The van der Waals surface area contributed by atoms with Crippen LogP contribution in [0.3, 0.4) is 0 Å². The first-order valence-corrected chi connectivity index (χ1v) is 24.0. The molecule has 3 fully saturated rings. The molecule has 360 valence electrons. The quantitative estimate of drug-likeness (QED) is 0.0385. The first-order valence-electron chi connectivity index (χ1n) is 21.4. The molecule has 4 N–H and O–H groups in total. The van der Waals surface area contributed by atoms with E-state index in [9.17, 15) is 32.4 Å². The van der Waals surface area contributed by atoms with Gasteiger partial charge in [-0.05, 0) is 79.7 Å². The molecule has 3 aliphatic rings. The van der Waals surface area contributed by atoms with Crippen molar-refractivity contribution in [2.24, 2.45) is 0 Å². The van der Waals surface area contributed by atoms with Crippen LogP contribution >= 0.6 is 23.2 Å². The number of piperazine rings is 1. The number of amides is 4. The maximum absolute atomic E-state index is 12.6. The number of cyclic esters (lactones) is 2. The van der Waals surface area contributed by atoms with Crippen LogP contribution in [0.15, 0.2) is 97.1 Å². The van der Waals surface area contributed by atoms with Crippen LogP contribution < -0.4 is 20.4 Å². The molecule has 4 aromatic rings. The SMILES string of the molecule is CCOC(=O)CCN1CCN(CC2CN(c3ccc(C(=N)NC(=O)c4ccccc4Cl)cc3)C(=O)O2)CC1.CS(=O)(=O)OCC1CN(c2ccc(C(=N)NC(=O)c3ccccc3Cl)cc2)C(=O)O1. The van der Waals surface area contributed by atoms with Crippen molar-refractivity contribution in [3.05, 3.63) is 129 Å². The minimum atomic E-state index is -3.64. The second-order valence-corrected chi connectivity index (χ2v) is 18.1. The third-order valence-corrected chi connectivity index (χ3v) is 12.0. The van der Waals surface area contributed by atoms with E-state index >= 15 is 0 Å². The molecule has 0 aromatic heterocycles. The smallest absolute Gasteiger partial charge is 0.414 e. The molecule has 0 bridgehead atoms. The molecule has 4 aromatic carbocycles. The molecule has 2 unspecified atom stereocenters. The van der Waals surface area contributed by atoms with Gasteiger partial charge in [0, 0.05) is 61.8 Å². The van der Waals surface area contributed by atoms with Crippen molar-refractivity contribution < 1.29 is 50.8 Å². The second-order valence-electron chi connectivity index (χ2n) is 15.6. The molecular weight excluding hydrogens is 944 g/mol. The van der Waals surface area contributed by atoms with Gasteiger partial charge in [0.25, 0.3) is 21.9 Å².